The average Bonchev–Trinajstić information content (AvgIpc) is 2.37. The van der Waals surface area contributed by atoms with Gasteiger partial charge in [-0.1, -0.05) is 0 Å². The van der Waals surface area contributed by atoms with Crippen molar-refractivity contribution in [1.82, 2.24) is 0 Å². The summed E-state index contributed by atoms with van der Waals surface area (Å²) in [6, 6.07) is 0.715. The number of aldehydes is 1. The second-order valence-corrected chi connectivity index (χ2v) is 3.14. The van der Waals surface area contributed by atoms with Gasteiger partial charge in [0.2, 0.25) is 11.5 Å². The number of hydrogen-bond donors (Lipinski definition) is 0. The monoisotopic (exact) mass is 262 g/mol. The molecule has 0 spiro atoms. The van der Waals surface area contributed by atoms with E-state index in [0.717, 1.165) is 0 Å². The molecule has 18 heavy (non-hydrogen) atoms. The predicted octanol–water partition coefficient (Wildman–Crippen LogP) is 1.74. The molecular formula is C11H12F2O5. The standard InChI is InChI=1S/C11H12F2O5/c1-15-5-17-10-8(12)3-7(4-14)9(13)11(10)18-6-16-2/h3-4H,5-6H2,1-2H3. The van der Waals surface area contributed by atoms with Gasteiger partial charge in [-0.3, -0.25) is 4.79 Å². The molecule has 1 aromatic rings. The molecule has 0 aliphatic carbocycles. The topological polar surface area (TPSA) is 54.0 Å². The molecule has 0 saturated heterocycles. The highest BCUT2D eigenvalue weighted by Gasteiger charge is 2.21. The van der Waals surface area contributed by atoms with Gasteiger partial charge in [0, 0.05) is 14.2 Å². The zero-order valence-corrected chi connectivity index (χ0v) is 9.87. The van der Waals surface area contributed by atoms with E-state index in [2.05, 4.69) is 9.47 Å². The summed E-state index contributed by atoms with van der Waals surface area (Å²) in [5.74, 6) is -2.95. The van der Waals surface area contributed by atoms with Crippen molar-refractivity contribution in [2.45, 2.75) is 0 Å². The quantitative estimate of drug-likeness (QED) is 0.553. The van der Waals surface area contributed by atoms with Gasteiger partial charge in [-0.2, -0.15) is 0 Å². The normalized spacial score (nSPS) is 10.2. The second kappa shape index (κ2) is 6.87. The lowest BCUT2D eigenvalue weighted by Crippen LogP contribution is -2.09. The van der Waals surface area contributed by atoms with Crippen LogP contribution in [0.3, 0.4) is 0 Å². The van der Waals surface area contributed by atoms with Crippen molar-refractivity contribution in [2.24, 2.45) is 0 Å². The summed E-state index contributed by atoms with van der Waals surface area (Å²) in [6.45, 7) is -0.609. The summed E-state index contributed by atoms with van der Waals surface area (Å²) in [6.07, 6.45) is 0.179. The lowest BCUT2D eigenvalue weighted by Gasteiger charge is -2.14. The predicted molar refractivity (Wildman–Crippen MR) is 56.8 cm³/mol. The second-order valence-electron chi connectivity index (χ2n) is 3.14. The number of carbonyl (C=O) groups excluding carboxylic acids is 1. The van der Waals surface area contributed by atoms with Gasteiger partial charge in [0.15, 0.2) is 31.5 Å². The van der Waals surface area contributed by atoms with Crippen LogP contribution in [0.5, 0.6) is 11.5 Å². The van der Waals surface area contributed by atoms with E-state index in [4.69, 9.17) is 9.47 Å². The number of hydrogen-bond acceptors (Lipinski definition) is 5. The first-order valence-corrected chi connectivity index (χ1v) is 4.86. The Morgan fingerprint density at radius 2 is 1.67 bits per heavy atom. The van der Waals surface area contributed by atoms with E-state index in [1.54, 1.807) is 0 Å². The Hall–Kier alpha value is -1.73. The van der Waals surface area contributed by atoms with Gasteiger partial charge < -0.3 is 18.9 Å². The zero-order chi connectivity index (χ0) is 13.5. The molecule has 0 heterocycles. The first-order chi connectivity index (χ1) is 8.65. The van der Waals surface area contributed by atoms with E-state index in [-0.39, 0.29) is 19.9 Å². The Bertz CT molecular complexity index is 422. The van der Waals surface area contributed by atoms with Crippen LogP contribution in [0.4, 0.5) is 8.78 Å². The molecule has 0 aromatic heterocycles. The van der Waals surface area contributed by atoms with Gasteiger partial charge in [0.25, 0.3) is 0 Å². The highest BCUT2D eigenvalue weighted by Crippen LogP contribution is 2.35. The summed E-state index contributed by atoms with van der Waals surface area (Å²) >= 11 is 0. The fourth-order valence-electron chi connectivity index (χ4n) is 1.19. The van der Waals surface area contributed by atoms with E-state index in [1.165, 1.54) is 14.2 Å². The number of halogens is 2. The molecular weight excluding hydrogens is 250 g/mol. The Balaban J connectivity index is 3.19. The molecule has 0 saturated carbocycles. The van der Waals surface area contributed by atoms with Crippen LogP contribution < -0.4 is 9.47 Å². The van der Waals surface area contributed by atoms with Crippen molar-refractivity contribution in [3.05, 3.63) is 23.3 Å². The molecule has 1 aromatic carbocycles. The fourth-order valence-corrected chi connectivity index (χ4v) is 1.19. The van der Waals surface area contributed by atoms with Gasteiger partial charge in [-0.25, -0.2) is 8.78 Å². The maximum Gasteiger partial charge on any atom is 0.203 e. The molecule has 0 aliphatic rings. The highest BCUT2D eigenvalue weighted by atomic mass is 19.1. The molecule has 0 fully saturated rings. The van der Waals surface area contributed by atoms with Crippen molar-refractivity contribution < 1.29 is 32.5 Å². The molecule has 0 aliphatic heterocycles. The smallest absolute Gasteiger partial charge is 0.203 e. The van der Waals surface area contributed by atoms with Gasteiger partial charge in [-0.05, 0) is 6.07 Å². The van der Waals surface area contributed by atoms with Gasteiger partial charge in [-0.15, -0.1) is 0 Å². The largest absolute Gasteiger partial charge is 0.460 e. The van der Waals surface area contributed by atoms with E-state index in [1.807, 2.05) is 0 Å². The number of benzene rings is 1. The maximum absolute atomic E-state index is 13.8. The van der Waals surface area contributed by atoms with Crippen LogP contribution >= 0.6 is 0 Å². The van der Waals surface area contributed by atoms with E-state index >= 15 is 0 Å². The van der Waals surface area contributed by atoms with Crippen molar-refractivity contribution in [1.29, 1.82) is 0 Å². The summed E-state index contributed by atoms with van der Waals surface area (Å²) < 4.78 is 46.3. The SMILES string of the molecule is COCOc1c(F)cc(C=O)c(F)c1OCOC. The van der Waals surface area contributed by atoms with Crippen molar-refractivity contribution in [3.8, 4) is 11.5 Å². The lowest BCUT2D eigenvalue weighted by atomic mass is 10.2. The maximum atomic E-state index is 13.8. The van der Waals surface area contributed by atoms with Crippen LogP contribution in [-0.2, 0) is 9.47 Å². The van der Waals surface area contributed by atoms with Crippen LogP contribution in [0.25, 0.3) is 0 Å². The molecule has 7 heteroatoms. The molecule has 5 nitrogen and oxygen atoms in total. The third-order valence-corrected chi connectivity index (χ3v) is 1.93. The Labute approximate surface area is 102 Å². The molecule has 0 radical (unpaired) electrons. The number of ether oxygens (including phenoxy) is 4. The third-order valence-electron chi connectivity index (χ3n) is 1.93. The van der Waals surface area contributed by atoms with Crippen molar-refractivity contribution in [2.75, 3.05) is 27.8 Å². The lowest BCUT2D eigenvalue weighted by molar-refractivity contribution is 0.0277. The van der Waals surface area contributed by atoms with Crippen molar-refractivity contribution in [3.63, 3.8) is 0 Å². The van der Waals surface area contributed by atoms with Gasteiger partial charge in [0.05, 0.1) is 5.56 Å². The molecule has 0 amide bonds. The molecule has 0 atom stereocenters. The van der Waals surface area contributed by atoms with Crippen LogP contribution in [-0.4, -0.2) is 34.1 Å². The van der Waals surface area contributed by atoms with Gasteiger partial charge >= 0.3 is 0 Å². The first kappa shape index (κ1) is 14.3. The molecule has 100 valence electrons. The number of rotatable bonds is 7. The summed E-state index contributed by atoms with van der Waals surface area (Å²) in [5, 5.41) is 0. The van der Waals surface area contributed by atoms with E-state index in [9.17, 15) is 13.6 Å². The van der Waals surface area contributed by atoms with Crippen molar-refractivity contribution >= 4 is 6.29 Å². The Kier molecular flexibility index (Phi) is 5.47. The molecule has 0 bridgehead atoms. The zero-order valence-electron chi connectivity index (χ0n) is 9.87. The summed E-state index contributed by atoms with van der Waals surface area (Å²) in [7, 11) is 2.64. The fraction of sp³-hybridized carbons (Fsp3) is 0.364. The molecule has 0 unspecified atom stereocenters. The molecule has 0 N–H and O–H groups in total. The molecule has 1 rings (SSSR count). The van der Waals surface area contributed by atoms with E-state index < -0.39 is 28.7 Å². The van der Waals surface area contributed by atoms with E-state index in [0.29, 0.717) is 6.07 Å². The van der Waals surface area contributed by atoms with Crippen LogP contribution in [0.2, 0.25) is 0 Å². The number of methoxy groups -OCH3 is 2. The average molecular weight is 262 g/mol. The third kappa shape index (κ3) is 3.14. The summed E-state index contributed by atoms with van der Waals surface area (Å²) in [4.78, 5) is 10.6. The number of carbonyl (C=O) groups is 1. The van der Waals surface area contributed by atoms with Crippen LogP contribution in [0.1, 0.15) is 10.4 Å². The minimum atomic E-state index is -1.02. The Morgan fingerprint density at radius 3 is 2.17 bits per heavy atom. The Morgan fingerprint density at radius 1 is 1.11 bits per heavy atom. The first-order valence-electron chi connectivity index (χ1n) is 4.86. The minimum Gasteiger partial charge on any atom is -0.460 e. The minimum absolute atomic E-state index is 0.179. The summed E-state index contributed by atoms with van der Waals surface area (Å²) in [5.41, 5.74) is -0.469. The van der Waals surface area contributed by atoms with Gasteiger partial charge in [0.1, 0.15) is 0 Å². The van der Waals surface area contributed by atoms with Crippen LogP contribution in [0.15, 0.2) is 6.07 Å². The highest BCUT2D eigenvalue weighted by molar-refractivity contribution is 5.77. The van der Waals surface area contributed by atoms with Crippen LogP contribution in [0, 0.1) is 11.6 Å².